The third-order valence-corrected chi connectivity index (χ3v) is 5.65. The van der Waals surface area contributed by atoms with Crippen LogP contribution in [-0.4, -0.2) is 21.7 Å². The Labute approximate surface area is 184 Å². The Kier molecular flexibility index (Phi) is 5.61. The molecule has 4 nitrogen and oxygen atoms in total. The number of hydrogen-bond donors (Lipinski definition) is 1. The first-order valence-electron chi connectivity index (χ1n) is 10.1. The fraction of sp³-hybridized carbons (Fsp3) is 0.154. The number of Topliss-reactive ketones (excluding diaryl/α,β-unsaturated/α-hetero) is 1. The summed E-state index contributed by atoms with van der Waals surface area (Å²) >= 11 is 0. The van der Waals surface area contributed by atoms with Crippen molar-refractivity contribution in [2.45, 2.75) is 26.4 Å². The highest BCUT2D eigenvalue weighted by Gasteiger charge is 2.47. The van der Waals surface area contributed by atoms with Crippen LogP contribution in [0.15, 0.2) is 72.3 Å². The summed E-state index contributed by atoms with van der Waals surface area (Å²) in [5.41, 5.74) is 2.48. The molecule has 1 heterocycles. The molecule has 1 unspecified atom stereocenters. The standard InChI is InChI=1S/C26H21F2NO3/c1-15-7-8-16(2)20(13-15)24(30)22-23(19-5-3-4-6-21(19)28)29(26(32)25(22)31)14-17-9-11-18(27)12-10-17/h3-13,23,30H,14H2,1-2H3/b24-22+. The largest absolute Gasteiger partial charge is 0.507 e. The zero-order chi connectivity index (χ0) is 23.0. The lowest BCUT2D eigenvalue weighted by molar-refractivity contribution is -0.140. The SMILES string of the molecule is Cc1ccc(C)c(/C(O)=C2\C(=O)C(=O)N(Cc3ccc(F)cc3)C2c2ccccc2F)c1. The molecule has 1 saturated heterocycles. The van der Waals surface area contributed by atoms with Crippen LogP contribution in [0, 0.1) is 25.5 Å². The molecule has 3 aromatic carbocycles. The molecule has 1 fully saturated rings. The van der Waals surface area contributed by atoms with Crippen molar-refractivity contribution in [2.75, 3.05) is 0 Å². The van der Waals surface area contributed by atoms with Crippen LogP contribution in [0.4, 0.5) is 8.78 Å². The Bertz CT molecular complexity index is 1250. The van der Waals surface area contributed by atoms with Gasteiger partial charge >= 0.3 is 0 Å². The van der Waals surface area contributed by atoms with Crippen molar-refractivity contribution in [3.8, 4) is 0 Å². The third-order valence-electron chi connectivity index (χ3n) is 5.65. The van der Waals surface area contributed by atoms with Gasteiger partial charge in [-0.05, 0) is 49.2 Å². The summed E-state index contributed by atoms with van der Waals surface area (Å²) in [4.78, 5) is 27.3. The zero-order valence-electron chi connectivity index (χ0n) is 17.6. The van der Waals surface area contributed by atoms with E-state index in [0.29, 0.717) is 16.7 Å². The molecule has 0 aromatic heterocycles. The quantitative estimate of drug-likeness (QED) is 0.349. The summed E-state index contributed by atoms with van der Waals surface area (Å²) in [6.07, 6.45) is 0. The Morgan fingerprint density at radius 1 is 0.969 bits per heavy atom. The van der Waals surface area contributed by atoms with Crippen molar-refractivity contribution in [1.82, 2.24) is 4.90 Å². The number of hydrogen-bond acceptors (Lipinski definition) is 3. The van der Waals surface area contributed by atoms with Gasteiger partial charge in [-0.3, -0.25) is 9.59 Å². The molecule has 0 saturated carbocycles. The van der Waals surface area contributed by atoms with Gasteiger partial charge in [-0.1, -0.05) is 48.0 Å². The topological polar surface area (TPSA) is 57.6 Å². The highest BCUT2D eigenvalue weighted by Crippen LogP contribution is 2.41. The molecule has 1 aliphatic heterocycles. The smallest absolute Gasteiger partial charge is 0.295 e. The van der Waals surface area contributed by atoms with Gasteiger partial charge in [0.15, 0.2) is 0 Å². The second kappa shape index (κ2) is 8.38. The summed E-state index contributed by atoms with van der Waals surface area (Å²) in [5, 5.41) is 11.2. The minimum Gasteiger partial charge on any atom is -0.507 e. The van der Waals surface area contributed by atoms with E-state index in [1.54, 1.807) is 25.1 Å². The minimum absolute atomic E-state index is 0.0482. The van der Waals surface area contributed by atoms with E-state index in [0.717, 1.165) is 5.56 Å². The summed E-state index contributed by atoms with van der Waals surface area (Å²) in [5.74, 6) is -3.13. The maximum Gasteiger partial charge on any atom is 0.295 e. The molecule has 0 radical (unpaired) electrons. The van der Waals surface area contributed by atoms with Gasteiger partial charge < -0.3 is 10.0 Å². The predicted molar refractivity (Wildman–Crippen MR) is 117 cm³/mol. The molecule has 1 aliphatic rings. The Hall–Kier alpha value is -3.80. The number of rotatable bonds is 4. The fourth-order valence-corrected chi connectivity index (χ4v) is 3.99. The lowest BCUT2D eigenvalue weighted by Crippen LogP contribution is -2.29. The summed E-state index contributed by atoms with van der Waals surface area (Å²) in [6, 6.07) is 15.6. The fourth-order valence-electron chi connectivity index (χ4n) is 3.99. The van der Waals surface area contributed by atoms with Crippen LogP contribution in [0.1, 0.15) is 33.9 Å². The van der Waals surface area contributed by atoms with E-state index in [1.807, 2.05) is 13.0 Å². The molecule has 0 aliphatic carbocycles. The lowest BCUT2D eigenvalue weighted by Gasteiger charge is -2.26. The maximum absolute atomic E-state index is 14.8. The number of benzene rings is 3. The van der Waals surface area contributed by atoms with Crippen molar-refractivity contribution >= 4 is 17.4 Å². The number of carbonyl (C=O) groups is 2. The average Bonchev–Trinajstić information content (AvgIpc) is 3.01. The van der Waals surface area contributed by atoms with Crippen LogP contribution in [0.5, 0.6) is 0 Å². The van der Waals surface area contributed by atoms with Crippen LogP contribution in [-0.2, 0) is 16.1 Å². The van der Waals surface area contributed by atoms with Gasteiger partial charge in [-0.25, -0.2) is 8.78 Å². The van der Waals surface area contributed by atoms with Crippen LogP contribution < -0.4 is 0 Å². The number of halogens is 2. The molecule has 4 rings (SSSR count). The Morgan fingerprint density at radius 2 is 1.66 bits per heavy atom. The monoisotopic (exact) mass is 433 g/mol. The number of aliphatic hydroxyl groups excluding tert-OH is 1. The molecule has 32 heavy (non-hydrogen) atoms. The third kappa shape index (κ3) is 3.80. The number of amides is 1. The molecule has 0 bridgehead atoms. The molecular formula is C26H21F2NO3. The second-order valence-electron chi connectivity index (χ2n) is 7.89. The summed E-state index contributed by atoms with van der Waals surface area (Å²) in [6.45, 7) is 3.58. The van der Waals surface area contributed by atoms with Crippen molar-refractivity contribution in [2.24, 2.45) is 0 Å². The van der Waals surface area contributed by atoms with Gasteiger partial charge in [-0.15, -0.1) is 0 Å². The molecule has 1 atom stereocenters. The van der Waals surface area contributed by atoms with Gasteiger partial charge in [0.05, 0.1) is 11.6 Å². The van der Waals surface area contributed by atoms with E-state index < -0.39 is 29.4 Å². The van der Waals surface area contributed by atoms with Gasteiger partial charge in [0.2, 0.25) is 0 Å². The van der Waals surface area contributed by atoms with Crippen molar-refractivity contribution in [1.29, 1.82) is 0 Å². The Morgan fingerprint density at radius 3 is 2.34 bits per heavy atom. The number of aryl methyl sites for hydroxylation is 2. The van der Waals surface area contributed by atoms with Gasteiger partial charge in [0, 0.05) is 17.7 Å². The number of ketones is 1. The van der Waals surface area contributed by atoms with E-state index in [-0.39, 0.29) is 23.4 Å². The van der Waals surface area contributed by atoms with E-state index in [1.165, 1.54) is 47.4 Å². The van der Waals surface area contributed by atoms with Crippen molar-refractivity contribution < 1.29 is 23.5 Å². The number of aliphatic hydroxyl groups is 1. The van der Waals surface area contributed by atoms with E-state index in [2.05, 4.69) is 0 Å². The lowest BCUT2D eigenvalue weighted by atomic mass is 9.93. The average molecular weight is 433 g/mol. The van der Waals surface area contributed by atoms with E-state index in [9.17, 15) is 23.5 Å². The number of nitrogens with zero attached hydrogens (tertiary/aromatic N) is 1. The number of likely N-dealkylation sites (tertiary alicyclic amines) is 1. The molecule has 3 aromatic rings. The molecule has 162 valence electrons. The predicted octanol–water partition coefficient (Wildman–Crippen LogP) is 5.20. The normalized spacial score (nSPS) is 17.8. The first-order valence-corrected chi connectivity index (χ1v) is 10.1. The molecule has 1 amide bonds. The summed E-state index contributed by atoms with van der Waals surface area (Å²) in [7, 11) is 0. The molecule has 0 spiro atoms. The maximum atomic E-state index is 14.8. The van der Waals surface area contributed by atoms with Crippen molar-refractivity contribution in [3.63, 3.8) is 0 Å². The van der Waals surface area contributed by atoms with Crippen LogP contribution in [0.25, 0.3) is 5.76 Å². The van der Waals surface area contributed by atoms with Gasteiger partial charge in [-0.2, -0.15) is 0 Å². The Balaban J connectivity index is 1.91. The highest BCUT2D eigenvalue weighted by atomic mass is 19.1. The minimum atomic E-state index is -1.12. The number of carbonyl (C=O) groups excluding carboxylic acids is 2. The van der Waals surface area contributed by atoms with Gasteiger partial charge in [0.25, 0.3) is 11.7 Å². The van der Waals surface area contributed by atoms with E-state index in [4.69, 9.17) is 0 Å². The van der Waals surface area contributed by atoms with Crippen LogP contribution in [0.2, 0.25) is 0 Å². The summed E-state index contributed by atoms with van der Waals surface area (Å²) < 4.78 is 28.2. The van der Waals surface area contributed by atoms with Crippen molar-refractivity contribution in [3.05, 3.63) is 112 Å². The molecule has 6 heteroatoms. The van der Waals surface area contributed by atoms with E-state index >= 15 is 0 Å². The molecular weight excluding hydrogens is 412 g/mol. The first kappa shape index (κ1) is 21.4. The molecule has 1 N–H and O–H groups in total. The zero-order valence-corrected chi connectivity index (χ0v) is 17.6. The van der Waals surface area contributed by atoms with Crippen LogP contribution in [0.3, 0.4) is 0 Å². The first-order chi connectivity index (χ1) is 15.3. The van der Waals surface area contributed by atoms with Crippen LogP contribution >= 0.6 is 0 Å². The second-order valence-corrected chi connectivity index (χ2v) is 7.89. The van der Waals surface area contributed by atoms with Gasteiger partial charge in [0.1, 0.15) is 17.4 Å². The highest BCUT2D eigenvalue weighted by molar-refractivity contribution is 6.46.